The zero-order valence-electron chi connectivity index (χ0n) is 17.9. The van der Waals surface area contributed by atoms with Crippen LogP contribution in [-0.4, -0.2) is 49.6 Å². The fourth-order valence-corrected chi connectivity index (χ4v) is 4.23. The van der Waals surface area contributed by atoms with E-state index in [1.165, 1.54) is 27.5 Å². The van der Waals surface area contributed by atoms with Crippen LogP contribution in [0.25, 0.3) is 16.8 Å². The third kappa shape index (κ3) is 5.42. The van der Waals surface area contributed by atoms with Gasteiger partial charge in [0.25, 0.3) is 0 Å². The molecule has 0 aliphatic carbocycles. The number of fused-ring (bicyclic) bond motifs is 1. The second kappa shape index (κ2) is 10.6. The first kappa shape index (κ1) is 22.4. The third-order valence-corrected chi connectivity index (χ3v) is 5.75. The number of hydrogen-bond donors (Lipinski definition) is 0. The highest BCUT2D eigenvalue weighted by atomic mass is 35.5. The van der Waals surface area contributed by atoms with Crippen LogP contribution in [0.2, 0.25) is 0 Å². The van der Waals surface area contributed by atoms with E-state index < -0.39 is 0 Å². The van der Waals surface area contributed by atoms with Gasteiger partial charge in [0.1, 0.15) is 5.75 Å². The second-order valence-corrected chi connectivity index (χ2v) is 7.92. The fraction of sp³-hybridized carbons (Fsp3) is 0.308. The van der Waals surface area contributed by atoms with Gasteiger partial charge in [-0.05, 0) is 29.3 Å². The van der Waals surface area contributed by atoms with E-state index in [0.29, 0.717) is 0 Å². The van der Waals surface area contributed by atoms with Crippen LogP contribution >= 0.6 is 12.4 Å². The van der Waals surface area contributed by atoms with Crippen molar-refractivity contribution >= 4 is 29.3 Å². The molecule has 4 heteroatoms. The molecule has 3 aromatic carbocycles. The highest BCUT2D eigenvalue weighted by Gasteiger charge is 2.19. The first-order valence-electron chi connectivity index (χ1n) is 10.4. The van der Waals surface area contributed by atoms with E-state index >= 15 is 0 Å². The summed E-state index contributed by atoms with van der Waals surface area (Å²) in [5.41, 5.74) is 4.01. The molecule has 0 bridgehead atoms. The summed E-state index contributed by atoms with van der Waals surface area (Å²) in [6, 6.07) is 23.4. The Hall–Kier alpha value is -2.33. The minimum atomic E-state index is 0. The van der Waals surface area contributed by atoms with Crippen LogP contribution in [0, 0.1) is 0 Å². The smallest absolute Gasteiger partial charge is 0.123 e. The number of benzene rings is 3. The van der Waals surface area contributed by atoms with E-state index in [2.05, 4.69) is 89.5 Å². The van der Waals surface area contributed by atoms with Gasteiger partial charge in [0.2, 0.25) is 0 Å². The van der Waals surface area contributed by atoms with Crippen molar-refractivity contribution in [2.45, 2.75) is 13.5 Å². The van der Waals surface area contributed by atoms with Gasteiger partial charge in [-0.25, -0.2) is 0 Å². The largest absolute Gasteiger partial charge is 0.496 e. The lowest BCUT2D eigenvalue weighted by Crippen LogP contribution is -2.46. The van der Waals surface area contributed by atoms with Gasteiger partial charge < -0.3 is 4.74 Å². The lowest BCUT2D eigenvalue weighted by Gasteiger charge is -2.35. The maximum Gasteiger partial charge on any atom is 0.123 e. The number of halogens is 1. The maximum absolute atomic E-state index is 5.68. The molecule has 1 aliphatic rings. The Bertz CT molecular complexity index is 979. The lowest BCUT2D eigenvalue weighted by atomic mass is 10.0. The van der Waals surface area contributed by atoms with Crippen molar-refractivity contribution < 1.29 is 4.74 Å². The molecule has 0 amide bonds. The van der Waals surface area contributed by atoms with E-state index in [-0.39, 0.29) is 12.4 Å². The summed E-state index contributed by atoms with van der Waals surface area (Å²) in [6.07, 6.45) is 2.30. The summed E-state index contributed by atoms with van der Waals surface area (Å²) in [6.45, 7) is 8.61. The van der Waals surface area contributed by atoms with Crippen LogP contribution in [-0.2, 0) is 6.54 Å². The van der Waals surface area contributed by atoms with Gasteiger partial charge in [0.15, 0.2) is 0 Å². The molecule has 0 atom stereocenters. The molecule has 0 saturated carbocycles. The highest BCUT2D eigenvalue weighted by molar-refractivity contribution is 5.87. The van der Waals surface area contributed by atoms with Gasteiger partial charge in [-0.3, -0.25) is 9.80 Å². The second-order valence-electron chi connectivity index (χ2n) is 7.92. The van der Waals surface area contributed by atoms with Crippen LogP contribution in [0.1, 0.15) is 18.1 Å². The van der Waals surface area contributed by atoms with E-state index in [9.17, 15) is 0 Å². The molecule has 1 saturated heterocycles. The number of methoxy groups -OCH3 is 1. The molecule has 0 radical (unpaired) electrons. The van der Waals surface area contributed by atoms with Crippen molar-refractivity contribution in [2.75, 3.05) is 39.8 Å². The summed E-state index contributed by atoms with van der Waals surface area (Å²) < 4.78 is 5.68. The van der Waals surface area contributed by atoms with Gasteiger partial charge in [-0.15, -0.1) is 12.4 Å². The predicted octanol–water partition coefficient (Wildman–Crippen LogP) is 5.49. The molecule has 30 heavy (non-hydrogen) atoms. The van der Waals surface area contributed by atoms with Gasteiger partial charge in [-0.2, -0.15) is 0 Å². The van der Waals surface area contributed by atoms with Crippen molar-refractivity contribution in [1.82, 2.24) is 9.80 Å². The predicted molar refractivity (Wildman–Crippen MR) is 130 cm³/mol. The van der Waals surface area contributed by atoms with Crippen molar-refractivity contribution in [3.63, 3.8) is 0 Å². The van der Waals surface area contributed by atoms with Crippen molar-refractivity contribution in [2.24, 2.45) is 0 Å². The van der Waals surface area contributed by atoms with Gasteiger partial charge in [-0.1, -0.05) is 72.3 Å². The molecule has 4 rings (SSSR count). The quantitative estimate of drug-likeness (QED) is 0.522. The Morgan fingerprint density at radius 1 is 0.867 bits per heavy atom. The molecule has 0 spiro atoms. The standard InChI is InChI=1S/C26H30N2O.ClH/c1-21(18-22-8-4-3-5-9-22)19-27-14-16-28(17-15-27)20-25-24-11-7-6-10-23(24)12-13-26(25)29-2;/h3-13,18H,14-17,19-20H2,1-2H3;1H/b21-18+;. The SMILES string of the molecule is COc1ccc2ccccc2c1CN1CCN(C/C(C)=C/c2ccccc2)CC1.Cl. The van der Waals surface area contributed by atoms with E-state index in [1.54, 1.807) is 7.11 Å². The molecule has 3 aromatic rings. The molecule has 0 aromatic heterocycles. The Balaban J connectivity index is 0.00000256. The monoisotopic (exact) mass is 422 g/mol. The van der Waals surface area contributed by atoms with Gasteiger partial charge in [0, 0.05) is 44.8 Å². The Morgan fingerprint density at radius 2 is 1.53 bits per heavy atom. The van der Waals surface area contributed by atoms with Gasteiger partial charge in [0.05, 0.1) is 7.11 Å². The van der Waals surface area contributed by atoms with Crippen LogP contribution in [0.5, 0.6) is 5.75 Å². The molecular weight excluding hydrogens is 392 g/mol. The molecule has 158 valence electrons. The number of piperazine rings is 1. The van der Waals surface area contributed by atoms with Crippen molar-refractivity contribution in [1.29, 1.82) is 0 Å². The Morgan fingerprint density at radius 3 is 2.27 bits per heavy atom. The van der Waals surface area contributed by atoms with Crippen molar-refractivity contribution in [3.8, 4) is 5.75 Å². The first-order chi connectivity index (χ1) is 14.2. The number of nitrogens with zero attached hydrogens (tertiary/aromatic N) is 2. The molecule has 1 aliphatic heterocycles. The van der Waals surface area contributed by atoms with E-state index in [1.807, 2.05) is 0 Å². The fourth-order valence-electron chi connectivity index (χ4n) is 4.23. The third-order valence-electron chi connectivity index (χ3n) is 5.75. The van der Waals surface area contributed by atoms with Crippen LogP contribution in [0.15, 0.2) is 72.3 Å². The summed E-state index contributed by atoms with van der Waals surface area (Å²) in [4.78, 5) is 5.11. The normalized spacial score (nSPS) is 15.7. The van der Waals surface area contributed by atoms with Crippen molar-refractivity contribution in [3.05, 3.63) is 83.4 Å². The number of hydrogen-bond acceptors (Lipinski definition) is 3. The molecule has 0 N–H and O–H groups in total. The van der Waals surface area contributed by atoms with Crippen LogP contribution < -0.4 is 4.74 Å². The molecular formula is C26H31ClN2O. The lowest BCUT2D eigenvalue weighted by molar-refractivity contribution is 0.134. The zero-order valence-corrected chi connectivity index (χ0v) is 18.7. The number of rotatable bonds is 6. The van der Waals surface area contributed by atoms with Crippen LogP contribution in [0.4, 0.5) is 0 Å². The topological polar surface area (TPSA) is 15.7 Å². The summed E-state index contributed by atoms with van der Waals surface area (Å²) in [5, 5.41) is 2.58. The zero-order chi connectivity index (χ0) is 20.1. The minimum absolute atomic E-state index is 0. The maximum atomic E-state index is 5.68. The van der Waals surface area contributed by atoms with E-state index in [4.69, 9.17) is 4.74 Å². The molecule has 1 heterocycles. The molecule has 0 unspecified atom stereocenters. The van der Waals surface area contributed by atoms with Crippen LogP contribution in [0.3, 0.4) is 0 Å². The Labute approximate surface area is 186 Å². The summed E-state index contributed by atoms with van der Waals surface area (Å²) in [7, 11) is 1.77. The molecule has 1 fully saturated rings. The summed E-state index contributed by atoms with van der Waals surface area (Å²) in [5.74, 6) is 0.993. The molecule has 3 nitrogen and oxygen atoms in total. The summed E-state index contributed by atoms with van der Waals surface area (Å²) >= 11 is 0. The minimum Gasteiger partial charge on any atom is -0.496 e. The first-order valence-corrected chi connectivity index (χ1v) is 10.4. The van der Waals surface area contributed by atoms with Gasteiger partial charge >= 0.3 is 0 Å². The average molecular weight is 423 g/mol. The Kier molecular flexibility index (Phi) is 7.92. The number of ether oxygens (including phenoxy) is 1. The van der Waals surface area contributed by atoms with E-state index in [0.717, 1.165) is 45.0 Å². The average Bonchev–Trinajstić information content (AvgIpc) is 2.76. The highest BCUT2D eigenvalue weighted by Crippen LogP contribution is 2.29.